The number of aryl methyl sites for hydroxylation is 2. The van der Waals surface area contributed by atoms with Crippen molar-refractivity contribution in [3.63, 3.8) is 0 Å². The second kappa shape index (κ2) is 5.28. The number of aromatic nitrogens is 3. The van der Waals surface area contributed by atoms with Crippen LogP contribution in [0.25, 0.3) is 0 Å². The summed E-state index contributed by atoms with van der Waals surface area (Å²) in [4.78, 5) is 33.6. The van der Waals surface area contributed by atoms with Crippen LogP contribution in [0.1, 0.15) is 28.8 Å². The van der Waals surface area contributed by atoms with Gasteiger partial charge in [0.1, 0.15) is 0 Å². The second-order valence-corrected chi connectivity index (χ2v) is 5.87. The second-order valence-electron chi connectivity index (χ2n) is 4.91. The molecule has 0 amide bonds. The molecule has 6 heteroatoms. The minimum absolute atomic E-state index is 0.0336. The first kappa shape index (κ1) is 13.2. The first-order valence-electron chi connectivity index (χ1n) is 6.57. The summed E-state index contributed by atoms with van der Waals surface area (Å²) in [6, 6.07) is 1.87. The van der Waals surface area contributed by atoms with Crippen molar-refractivity contribution in [3.05, 3.63) is 55.4 Å². The van der Waals surface area contributed by atoms with Gasteiger partial charge in [0.2, 0.25) is 0 Å². The fourth-order valence-electron chi connectivity index (χ4n) is 2.42. The molecule has 0 aromatic carbocycles. The van der Waals surface area contributed by atoms with E-state index in [9.17, 15) is 9.59 Å². The number of pyridine rings is 1. The van der Waals surface area contributed by atoms with Crippen molar-refractivity contribution in [3.8, 4) is 0 Å². The summed E-state index contributed by atoms with van der Waals surface area (Å²) in [5.74, 6) is 0.504. The van der Waals surface area contributed by atoms with Crippen LogP contribution in [0.2, 0.25) is 0 Å². The van der Waals surface area contributed by atoms with E-state index in [0.29, 0.717) is 10.9 Å². The third-order valence-corrected chi connectivity index (χ3v) is 4.47. The number of hydrogen-bond donors (Lipinski definition) is 2. The topological polar surface area (TPSA) is 78.6 Å². The molecule has 0 fully saturated rings. The highest BCUT2D eigenvalue weighted by Gasteiger charge is 2.17. The maximum Gasteiger partial charge on any atom is 0.254 e. The van der Waals surface area contributed by atoms with Gasteiger partial charge in [0.05, 0.1) is 5.69 Å². The van der Waals surface area contributed by atoms with Crippen molar-refractivity contribution in [2.24, 2.45) is 0 Å². The van der Waals surface area contributed by atoms with Crippen LogP contribution < -0.4 is 11.1 Å². The predicted octanol–water partition coefficient (Wildman–Crippen LogP) is 1.55. The summed E-state index contributed by atoms with van der Waals surface area (Å²) in [6.45, 7) is 1.91. The van der Waals surface area contributed by atoms with Gasteiger partial charge in [-0.15, -0.1) is 0 Å². The highest BCUT2D eigenvalue weighted by Crippen LogP contribution is 2.22. The number of nitrogens with one attached hydrogen (secondary N) is 2. The molecule has 0 unspecified atom stereocenters. The van der Waals surface area contributed by atoms with Gasteiger partial charge in [0.25, 0.3) is 11.1 Å². The van der Waals surface area contributed by atoms with Crippen LogP contribution >= 0.6 is 11.8 Å². The number of aromatic amines is 2. The van der Waals surface area contributed by atoms with Crippen LogP contribution in [0, 0.1) is 6.92 Å². The maximum atomic E-state index is 11.9. The minimum atomic E-state index is -0.0824. The van der Waals surface area contributed by atoms with Gasteiger partial charge in [-0.05, 0) is 37.8 Å². The molecule has 2 N–H and O–H groups in total. The molecule has 2 heterocycles. The summed E-state index contributed by atoms with van der Waals surface area (Å²) < 4.78 is 0. The highest BCUT2D eigenvalue weighted by molar-refractivity contribution is 7.98. The first-order valence-corrected chi connectivity index (χ1v) is 7.56. The number of fused-ring (bicyclic) bond motifs is 1. The standard InChI is InChI=1S/C14H15N3O2S/c1-8-5-6-15-12(18)10(8)7-20-14-16-11-4-2-3-9(11)13(19)17-14/h5-6H,2-4,7H2,1H3,(H,15,18)(H,16,17,19). The third kappa shape index (κ3) is 2.43. The Labute approximate surface area is 119 Å². The van der Waals surface area contributed by atoms with Gasteiger partial charge in [-0.2, -0.15) is 0 Å². The SMILES string of the molecule is Cc1cc[nH]c(=O)c1CSc1nc2c(c(=O)[nH]1)CCC2. The number of nitrogens with zero attached hydrogens (tertiary/aromatic N) is 1. The van der Waals surface area contributed by atoms with Crippen LogP contribution in [-0.4, -0.2) is 15.0 Å². The van der Waals surface area contributed by atoms with Gasteiger partial charge in [-0.3, -0.25) is 9.59 Å². The van der Waals surface area contributed by atoms with Crippen molar-refractivity contribution in [1.82, 2.24) is 15.0 Å². The number of thioether (sulfide) groups is 1. The Hall–Kier alpha value is -1.82. The molecule has 0 bridgehead atoms. The number of hydrogen-bond acceptors (Lipinski definition) is 4. The number of H-pyrrole nitrogens is 2. The molecule has 5 nitrogen and oxygen atoms in total. The van der Waals surface area contributed by atoms with Crippen molar-refractivity contribution in [2.75, 3.05) is 0 Å². The Balaban J connectivity index is 1.85. The first-order chi connectivity index (χ1) is 9.65. The molecule has 0 saturated heterocycles. The Morgan fingerprint density at radius 3 is 2.95 bits per heavy atom. The Kier molecular flexibility index (Phi) is 3.48. The fraction of sp³-hybridized carbons (Fsp3) is 0.357. The van der Waals surface area contributed by atoms with E-state index in [-0.39, 0.29) is 11.1 Å². The lowest BCUT2D eigenvalue weighted by Gasteiger charge is -2.05. The lowest BCUT2D eigenvalue weighted by Crippen LogP contribution is -2.16. The van der Waals surface area contributed by atoms with Crippen molar-refractivity contribution in [2.45, 2.75) is 37.1 Å². The van der Waals surface area contributed by atoms with Crippen LogP contribution in [0.4, 0.5) is 0 Å². The van der Waals surface area contributed by atoms with Gasteiger partial charge < -0.3 is 9.97 Å². The monoisotopic (exact) mass is 289 g/mol. The zero-order chi connectivity index (χ0) is 14.1. The maximum absolute atomic E-state index is 11.9. The van der Waals surface area contributed by atoms with E-state index in [0.717, 1.165) is 41.6 Å². The molecule has 1 aliphatic carbocycles. The molecule has 1 aliphatic rings. The Morgan fingerprint density at radius 1 is 1.30 bits per heavy atom. The molecule has 104 valence electrons. The molecule has 3 rings (SSSR count). The van der Waals surface area contributed by atoms with E-state index in [1.54, 1.807) is 6.20 Å². The summed E-state index contributed by atoms with van der Waals surface area (Å²) in [5, 5.41) is 0.596. The molecule has 2 aromatic rings. The lowest BCUT2D eigenvalue weighted by atomic mass is 10.2. The Bertz CT molecular complexity index is 764. The molecular weight excluding hydrogens is 274 g/mol. The molecule has 0 saturated carbocycles. The van der Waals surface area contributed by atoms with Crippen LogP contribution in [0.15, 0.2) is 27.0 Å². The van der Waals surface area contributed by atoms with Gasteiger partial charge in [-0.25, -0.2) is 4.98 Å². The fourth-order valence-corrected chi connectivity index (χ4v) is 3.40. The van der Waals surface area contributed by atoms with Crippen LogP contribution in [-0.2, 0) is 18.6 Å². The summed E-state index contributed by atoms with van der Waals surface area (Å²) >= 11 is 1.40. The van der Waals surface area contributed by atoms with E-state index in [1.165, 1.54) is 11.8 Å². The smallest absolute Gasteiger partial charge is 0.254 e. The normalized spacial score (nSPS) is 13.4. The molecule has 0 radical (unpaired) electrons. The van der Waals surface area contributed by atoms with E-state index in [4.69, 9.17) is 0 Å². The quantitative estimate of drug-likeness (QED) is 0.664. The number of rotatable bonds is 3. The highest BCUT2D eigenvalue weighted by atomic mass is 32.2. The van der Waals surface area contributed by atoms with E-state index < -0.39 is 0 Å². The molecule has 2 aromatic heterocycles. The van der Waals surface area contributed by atoms with Crippen LogP contribution in [0.3, 0.4) is 0 Å². The van der Waals surface area contributed by atoms with E-state index >= 15 is 0 Å². The average Bonchev–Trinajstić information content (AvgIpc) is 2.87. The summed E-state index contributed by atoms with van der Waals surface area (Å²) in [6.07, 6.45) is 4.33. The van der Waals surface area contributed by atoms with Crippen molar-refractivity contribution >= 4 is 11.8 Å². The lowest BCUT2D eigenvalue weighted by molar-refractivity contribution is 0.869. The molecular formula is C14H15N3O2S. The third-order valence-electron chi connectivity index (χ3n) is 3.57. The molecule has 0 atom stereocenters. The largest absolute Gasteiger partial charge is 0.329 e. The molecule has 0 aliphatic heterocycles. The zero-order valence-electron chi connectivity index (χ0n) is 11.2. The average molecular weight is 289 g/mol. The van der Waals surface area contributed by atoms with Crippen LogP contribution in [0.5, 0.6) is 0 Å². The predicted molar refractivity (Wildman–Crippen MR) is 78.2 cm³/mol. The van der Waals surface area contributed by atoms with Gasteiger partial charge in [-0.1, -0.05) is 11.8 Å². The summed E-state index contributed by atoms with van der Waals surface area (Å²) in [5.41, 5.74) is 3.29. The zero-order valence-corrected chi connectivity index (χ0v) is 12.0. The minimum Gasteiger partial charge on any atom is -0.329 e. The summed E-state index contributed by atoms with van der Waals surface area (Å²) in [7, 11) is 0. The van der Waals surface area contributed by atoms with Crippen molar-refractivity contribution < 1.29 is 0 Å². The Morgan fingerprint density at radius 2 is 2.15 bits per heavy atom. The van der Waals surface area contributed by atoms with Gasteiger partial charge in [0, 0.05) is 23.1 Å². The van der Waals surface area contributed by atoms with E-state index in [1.807, 2.05) is 13.0 Å². The van der Waals surface area contributed by atoms with E-state index in [2.05, 4.69) is 15.0 Å². The molecule has 20 heavy (non-hydrogen) atoms. The van der Waals surface area contributed by atoms with Crippen molar-refractivity contribution in [1.29, 1.82) is 0 Å². The molecule has 0 spiro atoms. The van der Waals surface area contributed by atoms with Gasteiger partial charge >= 0.3 is 0 Å². The van der Waals surface area contributed by atoms with Gasteiger partial charge in [0.15, 0.2) is 5.16 Å².